The van der Waals surface area contributed by atoms with E-state index in [0.29, 0.717) is 5.92 Å². The summed E-state index contributed by atoms with van der Waals surface area (Å²) in [6.07, 6.45) is 4.54. The van der Waals surface area contributed by atoms with Crippen molar-refractivity contribution in [2.75, 3.05) is 0 Å². The van der Waals surface area contributed by atoms with Crippen molar-refractivity contribution >= 4 is 5.91 Å². The van der Waals surface area contributed by atoms with Gasteiger partial charge in [-0.2, -0.15) is 0 Å². The molecule has 0 aliphatic heterocycles. The number of amides is 1. The van der Waals surface area contributed by atoms with Crippen LogP contribution in [0.25, 0.3) is 0 Å². The van der Waals surface area contributed by atoms with Crippen LogP contribution in [0.15, 0.2) is 11.6 Å². The van der Waals surface area contributed by atoms with Gasteiger partial charge < -0.3 is 5.32 Å². The van der Waals surface area contributed by atoms with Gasteiger partial charge in [0.15, 0.2) is 0 Å². The number of hydrogen-bond acceptors (Lipinski definition) is 1. The third kappa shape index (κ3) is 2.86. The Morgan fingerprint density at radius 1 is 1.57 bits per heavy atom. The number of allylic oxidation sites excluding steroid dienone is 1. The second kappa shape index (κ2) is 4.63. The molecule has 0 bridgehead atoms. The first kappa shape index (κ1) is 11.3. The molecule has 1 aliphatic carbocycles. The SMILES string of the molecule is CC(=O)NC1CC(C(C)C)CC=C1C. The molecule has 80 valence electrons. The summed E-state index contributed by atoms with van der Waals surface area (Å²) in [6.45, 7) is 8.21. The van der Waals surface area contributed by atoms with Crippen molar-refractivity contribution in [3.63, 3.8) is 0 Å². The van der Waals surface area contributed by atoms with Crippen LogP contribution in [0.3, 0.4) is 0 Å². The predicted molar refractivity (Wildman–Crippen MR) is 58.9 cm³/mol. The largest absolute Gasteiger partial charge is 0.350 e. The maximum atomic E-state index is 11.0. The van der Waals surface area contributed by atoms with Crippen LogP contribution < -0.4 is 5.32 Å². The zero-order valence-electron chi connectivity index (χ0n) is 9.63. The summed E-state index contributed by atoms with van der Waals surface area (Å²) in [7, 11) is 0. The Bertz CT molecular complexity index is 243. The number of carbonyl (C=O) groups excluding carboxylic acids is 1. The van der Waals surface area contributed by atoms with E-state index in [4.69, 9.17) is 0 Å². The van der Waals surface area contributed by atoms with E-state index in [1.807, 2.05) is 0 Å². The highest BCUT2D eigenvalue weighted by molar-refractivity contribution is 5.73. The maximum Gasteiger partial charge on any atom is 0.217 e. The minimum atomic E-state index is 0.0761. The van der Waals surface area contributed by atoms with Gasteiger partial charge in [0.05, 0.1) is 6.04 Å². The first-order valence-electron chi connectivity index (χ1n) is 5.44. The fourth-order valence-electron chi connectivity index (χ4n) is 2.03. The standard InChI is InChI=1S/C12H21NO/c1-8(2)11-6-5-9(3)12(7-11)13-10(4)14/h5,8,11-12H,6-7H2,1-4H3,(H,13,14). The molecule has 2 atom stereocenters. The Morgan fingerprint density at radius 2 is 2.21 bits per heavy atom. The average molecular weight is 195 g/mol. The smallest absolute Gasteiger partial charge is 0.217 e. The molecule has 2 unspecified atom stereocenters. The van der Waals surface area contributed by atoms with Gasteiger partial charge in [0, 0.05) is 6.92 Å². The van der Waals surface area contributed by atoms with Crippen molar-refractivity contribution in [2.45, 2.75) is 46.6 Å². The predicted octanol–water partition coefficient (Wildman–Crippen LogP) is 2.50. The Hall–Kier alpha value is -0.790. The summed E-state index contributed by atoms with van der Waals surface area (Å²) in [5.74, 6) is 1.50. The quantitative estimate of drug-likeness (QED) is 0.674. The molecule has 0 radical (unpaired) electrons. The van der Waals surface area contributed by atoms with Crippen molar-refractivity contribution in [1.29, 1.82) is 0 Å². The summed E-state index contributed by atoms with van der Waals surface area (Å²) in [4.78, 5) is 11.0. The van der Waals surface area contributed by atoms with Gasteiger partial charge in [0.25, 0.3) is 0 Å². The third-order valence-electron chi connectivity index (χ3n) is 3.15. The minimum Gasteiger partial charge on any atom is -0.350 e. The molecule has 1 rings (SSSR count). The topological polar surface area (TPSA) is 29.1 Å². The highest BCUT2D eigenvalue weighted by atomic mass is 16.1. The molecule has 0 aromatic heterocycles. The lowest BCUT2D eigenvalue weighted by atomic mass is 9.80. The second-order valence-electron chi connectivity index (χ2n) is 4.68. The molecule has 1 N–H and O–H groups in total. The lowest BCUT2D eigenvalue weighted by molar-refractivity contribution is -0.119. The van der Waals surface area contributed by atoms with Crippen LogP contribution >= 0.6 is 0 Å². The molecule has 0 spiro atoms. The molecule has 0 saturated heterocycles. The van der Waals surface area contributed by atoms with E-state index >= 15 is 0 Å². The first-order chi connectivity index (χ1) is 6.50. The zero-order valence-corrected chi connectivity index (χ0v) is 9.63. The number of hydrogen-bond donors (Lipinski definition) is 1. The monoisotopic (exact) mass is 195 g/mol. The van der Waals surface area contributed by atoms with E-state index in [2.05, 4.69) is 32.2 Å². The highest BCUT2D eigenvalue weighted by Crippen LogP contribution is 2.29. The maximum absolute atomic E-state index is 11.0. The van der Waals surface area contributed by atoms with Crippen LogP contribution in [0.5, 0.6) is 0 Å². The summed E-state index contributed by atoms with van der Waals surface area (Å²) < 4.78 is 0. The van der Waals surface area contributed by atoms with Gasteiger partial charge >= 0.3 is 0 Å². The van der Waals surface area contributed by atoms with Gasteiger partial charge in [0.2, 0.25) is 5.91 Å². The Kier molecular flexibility index (Phi) is 3.73. The van der Waals surface area contributed by atoms with E-state index in [1.165, 1.54) is 12.0 Å². The number of rotatable bonds is 2. The zero-order chi connectivity index (χ0) is 10.7. The summed E-state index contributed by atoms with van der Waals surface area (Å²) >= 11 is 0. The van der Waals surface area contributed by atoms with Gasteiger partial charge in [-0.1, -0.05) is 25.5 Å². The lowest BCUT2D eigenvalue weighted by Gasteiger charge is -2.31. The van der Waals surface area contributed by atoms with Crippen molar-refractivity contribution in [3.05, 3.63) is 11.6 Å². The molecule has 1 aliphatic rings. The Labute approximate surface area is 86.8 Å². The Balaban J connectivity index is 2.62. The molecule has 0 heterocycles. The van der Waals surface area contributed by atoms with Crippen LogP contribution in [0, 0.1) is 11.8 Å². The molecule has 0 fully saturated rings. The normalized spacial score (nSPS) is 27.4. The lowest BCUT2D eigenvalue weighted by Crippen LogP contribution is -2.38. The van der Waals surface area contributed by atoms with Crippen molar-refractivity contribution < 1.29 is 4.79 Å². The van der Waals surface area contributed by atoms with E-state index in [-0.39, 0.29) is 11.9 Å². The van der Waals surface area contributed by atoms with E-state index in [9.17, 15) is 4.79 Å². The summed E-state index contributed by atoms with van der Waals surface area (Å²) in [5.41, 5.74) is 1.32. The van der Waals surface area contributed by atoms with Gasteiger partial charge in [-0.15, -0.1) is 0 Å². The summed E-state index contributed by atoms with van der Waals surface area (Å²) in [5, 5.41) is 3.01. The Morgan fingerprint density at radius 3 is 2.71 bits per heavy atom. The molecule has 0 saturated carbocycles. The third-order valence-corrected chi connectivity index (χ3v) is 3.15. The number of carbonyl (C=O) groups is 1. The molecular formula is C12H21NO. The van der Waals surface area contributed by atoms with Crippen molar-refractivity contribution in [3.8, 4) is 0 Å². The molecule has 14 heavy (non-hydrogen) atoms. The molecular weight excluding hydrogens is 174 g/mol. The van der Waals surface area contributed by atoms with E-state index in [0.717, 1.165) is 12.3 Å². The molecule has 0 aromatic rings. The average Bonchev–Trinajstić information content (AvgIpc) is 2.07. The first-order valence-corrected chi connectivity index (χ1v) is 5.44. The van der Waals surface area contributed by atoms with Crippen molar-refractivity contribution in [2.24, 2.45) is 11.8 Å². The second-order valence-corrected chi connectivity index (χ2v) is 4.68. The highest BCUT2D eigenvalue weighted by Gasteiger charge is 2.24. The van der Waals surface area contributed by atoms with Crippen LogP contribution in [0.4, 0.5) is 0 Å². The molecule has 2 nitrogen and oxygen atoms in total. The van der Waals surface area contributed by atoms with Crippen LogP contribution in [0.1, 0.15) is 40.5 Å². The van der Waals surface area contributed by atoms with Crippen molar-refractivity contribution in [1.82, 2.24) is 5.32 Å². The summed E-state index contributed by atoms with van der Waals surface area (Å²) in [6, 6.07) is 0.272. The van der Waals surface area contributed by atoms with E-state index < -0.39 is 0 Å². The molecule has 0 aromatic carbocycles. The fraction of sp³-hybridized carbons (Fsp3) is 0.750. The van der Waals surface area contributed by atoms with Crippen LogP contribution in [-0.2, 0) is 4.79 Å². The minimum absolute atomic E-state index is 0.0761. The van der Waals surface area contributed by atoms with E-state index in [1.54, 1.807) is 6.92 Å². The van der Waals surface area contributed by atoms with Gasteiger partial charge in [-0.05, 0) is 31.6 Å². The van der Waals surface area contributed by atoms with Gasteiger partial charge in [0.1, 0.15) is 0 Å². The van der Waals surface area contributed by atoms with Gasteiger partial charge in [-0.3, -0.25) is 4.79 Å². The van der Waals surface area contributed by atoms with Crippen LogP contribution in [0.2, 0.25) is 0 Å². The molecule has 1 amide bonds. The number of nitrogens with one attached hydrogen (secondary N) is 1. The van der Waals surface area contributed by atoms with Crippen LogP contribution in [-0.4, -0.2) is 11.9 Å². The molecule has 2 heteroatoms. The van der Waals surface area contributed by atoms with Gasteiger partial charge in [-0.25, -0.2) is 0 Å². The fourth-order valence-corrected chi connectivity index (χ4v) is 2.03.